The zero-order chi connectivity index (χ0) is 23.3. The summed E-state index contributed by atoms with van der Waals surface area (Å²) in [5.41, 5.74) is 1.32. The molecule has 4 rings (SSSR count). The molecule has 1 N–H and O–H groups in total. The third-order valence-corrected chi connectivity index (χ3v) is 9.02. The van der Waals surface area contributed by atoms with Gasteiger partial charge in [-0.2, -0.15) is 0 Å². The molecule has 1 fully saturated rings. The Hall–Kier alpha value is -2.77. The van der Waals surface area contributed by atoms with Gasteiger partial charge in [0.1, 0.15) is 0 Å². The summed E-state index contributed by atoms with van der Waals surface area (Å²) in [5.74, 6) is -0.404. The number of hydrogen-bond donors (Lipinski definition) is 1. The fraction of sp³-hybridized carbons (Fsp3) is 0.385. The lowest BCUT2D eigenvalue weighted by Crippen LogP contribution is -2.47. The second kappa shape index (κ2) is 10.0. The maximum absolute atomic E-state index is 13.7. The van der Waals surface area contributed by atoms with E-state index < -0.39 is 20.7 Å². The highest BCUT2D eigenvalue weighted by molar-refractivity contribution is 7.93. The average Bonchev–Trinajstić information content (AvgIpc) is 3.33. The Labute approximate surface area is 195 Å². The summed E-state index contributed by atoms with van der Waals surface area (Å²) in [6.07, 6.45) is 7.42. The van der Waals surface area contributed by atoms with Crippen LogP contribution >= 0.6 is 0 Å². The normalized spacial score (nSPS) is 22.4. The first-order chi connectivity index (χ1) is 15.9. The number of likely N-dealkylation sites (tertiary alicyclic amines) is 1. The molecule has 2 aliphatic rings. The molecule has 0 saturated carbocycles. The van der Waals surface area contributed by atoms with E-state index in [9.17, 15) is 18.3 Å². The zero-order valence-electron chi connectivity index (χ0n) is 18.6. The summed E-state index contributed by atoms with van der Waals surface area (Å²) in [5, 5.41) is 9.33. The highest BCUT2D eigenvalue weighted by atomic mass is 32.2. The molecule has 0 bridgehead atoms. The Bertz CT molecular complexity index is 1090. The molecule has 2 unspecified atom stereocenters. The molecule has 0 aromatic heterocycles. The summed E-state index contributed by atoms with van der Waals surface area (Å²) in [7, 11) is -3.79. The number of carboxylic acids is 1. The van der Waals surface area contributed by atoms with Crippen molar-refractivity contribution >= 4 is 22.0 Å². The van der Waals surface area contributed by atoms with Crippen LogP contribution in [0.2, 0.25) is 0 Å². The second-order valence-corrected chi connectivity index (χ2v) is 11.0. The van der Waals surface area contributed by atoms with Gasteiger partial charge in [-0.3, -0.25) is 9.79 Å². The molecule has 2 aliphatic heterocycles. The van der Waals surface area contributed by atoms with E-state index in [1.54, 1.807) is 42.5 Å². The number of sulfone groups is 1. The average molecular weight is 467 g/mol. The lowest BCUT2D eigenvalue weighted by Gasteiger charge is -2.40. The molecule has 1 saturated heterocycles. The minimum absolute atomic E-state index is 0.00181. The van der Waals surface area contributed by atoms with Crippen LogP contribution in [-0.4, -0.2) is 54.6 Å². The Morgan fingerprint density at radius 1 is 1.06 bits per heavy atom. The number of aliphatic carboxylic acids is 1. The minimum atomic E-state index is -3.79. The van der Waals surface area contributed by atoms with Crippen LogP contribution in [0.1, 0.15) is 43.6 Å². The van der Waals surface area contributed by atoms with E-state index >= 15 is 0 Å². The molecule has 2 heterocycles. The van der Waals surface area contributed by atoms with Gasteiger partial charge in [0.25, 0.3) is 0 Å². The molecule has 174 valence electrons. The first kappa shape index (κ1) is 23.4. The second-order valence-electron chi connectivity index (χ2n) is 8.81. The Kier molecular flexibility index (Phi) is 7.10. The highest BCUT2D eigenvalue weighted by Crippen LogP contribution is 2.38. The van der Waals surface area contributed by atoms with E-state index in [0.29, 0.717) is 12.3 Å². The summed E-state index contributed by atoms with van der Waals surface area (Å²) >= 11 is 0. The van der Waals surface area contributed by atoms with Gasteiger partial charge in [-0.25, -0.2) is 8.42 Å². The fourth-order valence-corrected chi connectivity index (χ4v) is 6.76. The minimum Gasteiger partial charge on any atom is -0.481 e. The van der Waals surface area contributed by atoms with Gasteiger partial charge >= 0.3 is 5.97 Å². The molecular weight excluding hydrogens is 436 g/mol. The standard InChI is InChI=1S/C26H30N2O4S/c29-25(30)13-12-23(28-18-14-22(15-19-28)21-8-3-1-4-9-21)20-26(16-7-17-27-26)33(31,32)24-10-5-2-6-11-24/h1-11,16-17,22-23H,12-15,18-20H2,(H,29,30). The SMILES string of the molecule is O=C(O)CCC(CC1(S(=O)(=O)c2ccccc2)C=CC=N1)N1CCC(c2ccccc2)CC1. The number of allylic oxidation sites excluding steroid dienone is 1. The molecule has 0 radical (unpaired) electrons. The highest BCUT2D eigenvalue weighted by Gasteiger charge is 2.46. The molecule has 7 heteroatoms. The molecule has 0 aliphatic carbocycles. The lowest BCUT2D eigenvalue weighted by molar-refractivity contribution is -0.137. The summed E-state index contributed by atoms with van der Waals surface area (Å²) in [6.45, 7) is 1.61. The first-order valence-electron chi connectivity index (χ1n) is 11.4. The summed E-state index contributed by atoms with van der Waals surface area (Å²) < 4.78 is 27.3. The Morgan fingerprint density at radius 2 is 1.70 bits per heavy atom. The number of hydrogen-bond acceptors (Lipinski definition) is 5. The summed E-state index contributed by atoms with van der Waals surface area (Å²) in [4.78, 5) is 16.9. The predicted molar refractivity (Wildman–Crippen MR) is 129 cm³/mol. The molecule has 33 heavy (non-hydrogen) atoms. The van der Waals surface area contributed by atoms with Crippen LogP contribution in [0.25, 0.3) is 0 Å². The van der Waals surface area contributed by atoms with Crippen LogP contribution in [-0.2, 0) is 14.6 Å². The Morgan fingerprint density at radius 3 is 2.27 bits per heavy atom. The van der Waals surface area contributed by atoms with Gasteiger partial charge in [-0.05, 0) is 68.1 Å². The van der Waals surface area contributed by atoms with Gasteiger partial charge < -0.3 is 10.0 Å². The number of rotatable bonds is 9. The number of carbonyl (C=O) groups is 1. The van der Waals surface area contributed by atoms with Crippen molar-refractivity contribution in [3.63, 3.8) is 0 Å². The van der Waals surface area contributed by atoms with Crippen LogP contribution in [0.3, 0.4) is 0 Å². The third-order valence-electron chi connectivity index (χ3n) is 6.79. The fourth-order valence-electron chi connectivity index (χ4n) is 4.96. The maximum Gasteiger partial charge on any atom is 0.303 e. The van der Waals surface area contributed by atoms with Crippen LogP contribution < -0.4 is 0 Å². The lowest BCUT2D eigenvalue weighted by atomic mass is 9.88. The van der Waals surface area contributed by atoms with Crippen molar-refractivity contribution in [1.29, 1.82) is 0 Å². The van der Waals surface area contributed by atoms with E-state index in [-0.39, 0.29) is 23.8 Å². The summed E-state index contributed by atoms with van der Waals surface area (Å²) in [6, 6.07) is 18.6. The number of benzene rings is 2. The van der Waals surface area contributed by atoms with Gasteiger partial charge in [0.05, 0.1) is 4.90 Å². The molecule has 0 spiro atoms. The monoisotopic (exact) mass is 466 g/mol. The van der Waals surface area contributed by atoms with Gasteiger partial charge in [0.2, 0.25) is 9.84 Å². The van der Waals surface area contributed by atoms with Gasteiger partial charge in [0.15, 0.2) is 4.87 Å². The Balaban J connectivity index is 1.56. The van der Waals surface area contributed by atoms with Crippen molar-refractivity contribution in [2.24, 2.45) is 4.99 Å². The van der Waals surface area contributed by atoms with Crippen molar-refractivity contribution in [2.45, 2.75) is 53.8 Å². The van der Waals surface area contributed by atoms with Crippen molar-refractivity contribution in [1.82, 2.24) is 4.90 Å². The molecule has 2 atom stereocenters. The topological polar surface area (TPSA) is 87.0 Å². The van der Waals surface area contributed by atoms with Crippen LogP contribution in [0.4, 0.5) is 0 Å². The van der Waals surface area contributed by atoms with Gasteiger partial charge in [-0.15, -0.1) is 0 Å². The number of aliphatic imine (C=N–C) groups is 1. The van der Waals surface area contributed by atoms with E-state index in [0.717, 1.165) is 25.9 Å². The van der Waals surface area contributed by atoms with Crippen molar-refractivity contribution in [2.75, 3.05) is 13.1 Å². The number of piperidine rings is 1. The van der Waals surface area contributed by atoms with Crippen LogP contribution in [0.15, 0.2) is 82.7 Å². The van der Waals surface area contributed by atoms with Crippen molar-refractivity contribution < 1.29 is 18.3 Å². The van der Waals surface area contributed by atoms with E-state index in [1.807, 2.05) is 6.07 Å². The third kappa shape index (κ3) is 5.09. The van der Waals surface area contributed by atoms with Crippen LogP contribution in [0, 0.1) is 0 Å². The van der Waals surface area contributed by atoms with Crippen LogP contribution in [0.5, 0.6) is 0 Å². The largest absolute Gasteiger partial charge is 0.481 e. The number of nitrogens with zero attached hydrogens (tertiary/aromatic N) is 2. The van der Waals surface area contributed by atoms with E-state index in [2.05, 4.69) is 34.2 Å². The van der Waals surface area contributed by atoms with Crippen molar-refractivity contribution in [3.05, 3.63) is 78.4 Å². The smallest absolute Gasteiger partial charge is 0.303 e. The van der Waals surface area contributed by atoms with Crippen molar-refractivity contribution in [3.8, 4) is 0 Å². The molecule has 0 amide bonds. The zero-order valence-corrected chi connectivity index (χ0v) is 19.4. The molecule has 6 nitrogen and oxygen atoms in total. The van der Waals surface area contributed by atoms with Gasteiger partial charge in [-0.1, -0.05) is 48.5 Å². The quantitative estimate of drug-likeness (QED) is 0.595. The maximum atomic E-state index is 13.7. The van der Waals surface area contributed by atoms with E-state index in [4.69, 9.17) is 0 Å². The first-order valence-corrected chi connectivity index (χ1v) is 12.9. The molecule has 2 aromatic rings. The molecule has 2 aromatic carbocycles. The predicted octanol–water partition coefficient (Wildman–Crippen LogP) is 4.30. The molecular formula is C26H30N2O4S. The van der Waals surface area contributed by atoms with Gasteiger partial charge in [0, 0.05) is 25.1 Å². The van der Waals surface area contributed by atoms with E-state index in [1.165, 1.54) is 11.8 Å². The number of carboxylic acid groups (broad SMARTS) is 1.